The lowest BCUT2D eigenvalue weighted by Gasteiger charge is -2.09. The van der Waals surface area contributed by atoms with Crippen LogP contribution in [0.25, 0.3) is 0 Å². The molecular formula is C14H10ClN3O2S. The molecule has 0 bridgehead atoms. The molecule has 1 aliphatic rings. The van der Waals surface area contributed by atoms with Gasteiger partial charge in [0.2, 0.25) is 0 Å². The van der Waals surface area contributed by atoms with Crippen LogP contribution in [0.3, 0.4) is 0 Å². The molecule has 1 aliphatic heterocycles. The number of rotatable bonds is 3. The van der Waals surface area contributed by atoms with Crippen LogP contribution in [-0.4, -0.2) is 9.97 Å². The summed E-state index contributed by atoms with van der Waals surface area (Å²) in [4.78, 5) is 10.5. The number of hydrazone groups is 1. The molecule has 106 valence electrons. The van der Waals surface area contributed by atoms with E-state index in [4.69, 9.17) is 11.6 Å². The molecule has 0 unspecified atom stereocenters. The summed E-state index contributed by atoms with van der Waals surface area (Å²) in [6.07, 6.45) is 0. The van der Waals surface area contributed by atoms with Crippen molar-refractivity contribution in [2.45, 2.75) is 5.37 Å². The molecule has 1 heterocycles. The highest BCUT2D eigenvalue weighted by Crippen LogP contribution is 2.37. The van der Waals surface area contributed by atoms with Crippen LogP contribution in [0.5, 0.6) is 0 Å². The number of hydrogen-bond donors (Lipinski definition) is 1. The molecule has 0 radical (unpaired) electrons. The van der Waals surface area contributed by atoms with Crippen LogP contribution in [0.2, 0.25) is 5.02 Å². The molecule has 2 aromatic rings. The minimum absolute atomic E-state index is 0.0928. The molecular weight excluding hydrogens is 310 g/mol. The number of benzene rings is 2. The second-order valence-corrected chi connectivity index (χ2v) is 5.88. The SMILES string of the molecule is O=[N+]([O-])c1cc([C@H]2NN=C(c3ccccc3)S2)ccc1Cl. The van der Waals surface area contributed by atoms with Gasteiger partial charge in [-0.15, -0.1) is 0 Å². The normalized spacial score (nSPS) is 17.2. The van der Waals surface area contributed by atoms with E-state index in [0.29, 0.717) is 0 Å². The zero-order valence-electron chi connectivity index (χ0n) is 10.7. The number of nitro benzene ring substituents is 1. The fourth-order valence-corrected chi connectivity index (χ4v) is 3.15. The fraction of sp³-hybridized carbons (Fsp3) is 0.0714. The summed E-state index contributed by atoms with van der Waals surface area (Å²) >= 11 is 7.34. The van der Waals surface area contributed by atoms with Gasteiger partial charge in [0, 0.05) is 11.6 Å². The van der Waals surface area contributed by atoms with Crippen molar-refractivity contribution < 1.29 is 4.92 Å². The van der Waals surface area contributed by atoms with Crippen LogP contribution >= 0.6 is 23.4 Å². The van der Waals surface area contributed by atoms with Crippen LogP contribution in [-0.2, 0) is 0 Å². The van der Waals surface area contributed by atoms with Crippen molar-refractivity contribution in [2.75, 3.05) is 0 Å². The Morgan fingerprint density at radius 3 is 2.71 bits per heavy atom. The smallest absolute Gasteiger partial charge is 0.288 e. The third kappa shape index (κ3) is 2.86. The number of hydrogen-bond acceptors (Lipinski definition) is 5. The van der Waals surface area contributed by atoms with E-state index in [1.807, 2.05) is 30.3 Å². The fourth-order valence-electron chi connectivity index (χ4n) is 1.97. The van der Waals surface area contributed by atoms with Gasteiger partial charge in [0.25, 0.3) is 5.69 Å². The molecule has 0 saturated heterocycles. The Balaban J connectivity index is 1.82. The van der Waals surface area contributed by atoms with Gasteiger partial charge in [-0.1, -0.05) is 59.8 Å². The summed E-state index contributed by atoms with van der Waals surface area (Å²) in [5.41, 5.74) is 4.68. The Hall–Kier alpha value is -2.05. The molecule has 0 fully saturated rings. The van der Waals surface area contributed by atoms with Gasteiger partial charge < -0.3 is 0 Å². The Bertz CT molecular complexity index is 721. The largest absolute Gasteiger partial charge is 0.291 e. The van der Waals surface area contributed by atoms with E-state index in [1.54, 1.807) is 6.07 Å². The molecule has 0 amide bonds. The van der Waals surface area contributed by atoms with E-state index in [2.05, 4.69) is 10.5 Å². The van der Waals surface area contributed by atoms with E-state index in [1.165, 1.54) is 23.9 Å². The average Bonchev–Trinajstić information content (AvgIpc) is 2.98. The van der Waals surface area contributed by atoms with Crippen molar-refractivity contribution >= 4 is 34.1 Å². The minimum atomic E-state index is -0.482. The monoisotopic (exact) mass is 319 g/mol. The first-order chi connectivity index (χ1) is 10.1. The lowest BCUT2D eigenvalue weighted by molar-refractivity contribution is -0.384. The maximum Gasteiger partial charge on any atom is 0.288 e. The number of halogens is 1. The van der Waals surface area contributed by atoms with Crippen LogP contribution in [0.4, 0.5) is 5.69 Å². The Morgan fingerprint density at radius 1 is 1.24 bits per heavy atom. The molecule has 21 heavy (non-hydrogen) atoms. The average molecular weight is 320 g/mol. The predicted molar refractivity (Wildman–Crippen MR) is 84.6 cm³/mol. The van der Waals surface area contributed by atoms with E-state index < -0.39 is 4.92 Å². The summed E-state index contributed by atoms with van der Waals surface area (Å²) in [6.45, 7) is 0. The third-order valence-electron chi connectivity index (χ3n) is 3.00. The van der Waals surface area contributed by atoms with Crippen LogP contribution < -0.4 is 5.43 Å². The highest BCUT2D eigenvalue weighted by molar-refractivity contribution is 8.14. The highest BCUT2D eigenvalue weighted by atomic mass is 35.5. The van der Waals surface area contributed by atoms with Gasteiger partial charge in [-0.3, -0.25) is 15.5 Å². The molecule has 1 N–H and O–H groups in total. The standard InChI is InChI=1S/C14H10ClN3O2S/c15-11-7-6-10(8-12(11)18(19)20)14-17-16-13(21-14)9-4-2-1-3-5-9/h1-8,14,17H/t14-/m0/s1. The highest BCUT2D eigenvalue weighted by Gasteiger charge is 2.24. The Morgan fingerprint density at radius 2 is 2.00 bits per heavy atom. The van der Waals surface area contributed by atoms with Crippen molar-refractivity contribution in [1.82, 2.24) is 5.43 Å². The minimum Gasteiger partial charge on any atom is -0.291 e. The summed E-state index contributed by atoms with van der Waals surface area (Å²) in [7, 11) is 0. The lowest BCUT2D eigenvalue weighted by atomic mass is 10.2. The topological polar surface area (TPSA) is 67.5 Å². The predicted octanol–water partition coefficient (Wildman–Crippen LogP) is 3.95. The van der Waals surface area contributed by atoms with Crippen molar-refractivity contribution in [3.8, 4) is 0 Å². The first-order valence-corrected chi connectivity index (χ1v) is 7.40. The molecule has 2 aromatic carbocycles. The number of nitrogens with one attached hydrogen (secondary N) is 1. The molecule has 3 rings (SSSR count). The first-order valence-electron chi connectivity index (χ1n) is 6.14. The van der Waals surface area contributed by atoms with E-state index in [-0.39, 0.29) is 16.1 Å². The number of thioether (sulfide) groups is 1. The van der Waals surface area contributed by atoms with E-state index >= 15 is 0 Å². The van der Waals surface area contributed by atoms with Crippen LogP contribution in [0, 0.1) is 10.1 Å². The van der Waals surface area contributed by atoms with E-state index in [9.17, 15) is 10.1 Å². The molecule has 0 saturated carbocycles. The van der Waals surface area contributed by atoms with E-state index in [0.717, 1.165) is 16.2 Å². The van der Waals surface area contributed by atoms with Crippen LogP contribution in [0.1, 0.15) is 16.5 Å². The molecule has 5 nitrogen and oxygen atoms in total. The van der Waals surface area contributed by atoms with Crippen molar-refractivity contribution in [3.63, 3.8) is 0 Å². The van der Waals surface area contributed by atoms with Gasteiger partial charge in [-0.25, -0.2) is 0 Å². The van der Waals surface area contributed by atoms with Gasteiger partial charge in [0.1, 0.15) is 15.4 Å². The van der Waals surface area contributed by atoms with Gasteiger partial charge in [0.15, 0.2) is 0 Å². The Labute approximate surface area is 130 Å². The Kier molecular flexibility index (Phi) is 3.81. The summed E-state index contributed by atoms with van der Waals surface area (Å²) < 4.78 is 0. The summed E-state index contributed by atoms with van der Waals surface area (Å²) in [6, 6.07) is 14.6. The third-order valence-corrected chi connectivity index (χ3v) is 4.49. The van der Waals surface area contributed by atoms with Crippen molar-refractivity contribution in [2.24, 2.45) is 5.10 Å². The summed E-state index contributed by atoms with van der Waals surface area (Å²) in [5, 5.41) is 16.1. The molecule has 1 atom stereocenters. The number of nitro groups is 1. The number of nitrogens with zero attached hydrogens (tertiary/aromatic N) is 2. The molecule has 0 aromatic heterocycles. The maximum atomic E-state index is 10.9. The zero-order valence-corrected chi connectivity index (χ0v) is 12.3. The van der Waals surface area contributed by atoms with Crippen molar-refractivity contribution in [3.05, 3.63) is 74.8 Å². The summed E-state index contributed by atoms with van der Waals surface area (Å²) in [5.74, 6) is 0. The first kappa shape index (κ1) is 13.9. The second kappa shape index (κ2) is 5.75. The molecule has 0 aliphatic carbocycles. The lowest BCUT2D eigenvalue weighted by Crippen LogP contribution is -2.07. The van der Waals surface area contributed by atoms with Gasteiger partial charge >= 0.3 is 0 Å². The van der Waals surface area contributed by atoms with Crippen LogP contribution in [0.15, 0.2) is 53.6 Å². The quantitative estimate of drug-likeness (QED) is 0.687. The van der Waals surface area contributed by atoms with Gasteiger partial charge in [0.05, 0.1) is 4.92 Å². The van der Waals surface area contributed by atoms with Crippen molar-refractivity contribution in [1.29, 1.82) is 0 Å². The zero-order chi connectivity index (χ0) is 14.8. The molecule has 7 heteroatoms. The van der Waals surface area contributed by atoms with Gasteiger partial charge in [-0.05, 0) is 11.6 Å². The molecule has 0 spiro atoms. The second-order valence-electron chi connectivity index (χ2n) is 4.38. The maximum absolute atomic E-state index is 10.9. The van der Waals surface area contributed by atoms with Gasteiger partial charge in [-0.2, -0.15) is 5.10 Å².